The summed E-state index contributed by atoms with van der Waals surface area (Å²) < 4.78 is 0. The van der Waals surface area contributed by atoms with Crippen LogP contribution < -0.4 is 16.0 Å². The second kappa shape index (κ2) is 10.3. The van der Waals surface area contributed by atoms with Crippen molar-refractivity contribution >= 4 is 41.5 Å². The topological polar surface area (TPSA) is 65.5 Å². The lowest BCUT2D eigenvalue weighted by molar-refractivity contribution is -0.115. The van der Waals surface area contributed by atoms with Crippen molar-refractivity contribution in [3.05, 3.63) is 29.8 Å². The molecule has 1 fully saturated rings. The Morgan fingerprint density at radius 1 is 1.36 bits per heavy atom. The fourth-order valence-electron chi connectivity index (χ4n) is 2.88. The van der Waals surface area contributed by atoms with Gasteiger partial charge < -0.3 is 16.0 Å². The highest BCUT2D eigenvalue weighted by atomic mass is 127. The second-order valence-electron chi connectivity index (χ2n) is 6.26. The summed E-state index contributed by atoms with van der Waals surface area (Å²) in [6.45, 7) is 3.28. The van der Waals surface area contributed by atoms with Crippen molar-refractivity contribution < 1.29 is 4.79 Å². The molecule has 1 aromatic carbocycles. The molecule has 0 radical (unpaired) electrons. The molecule has 1 aliphatic carbocycles. The van der Waals surface area contributed by atoms with Crippen molar-refractivity contribution in [2.75, 3.05) is 25.5 Å². The lowest BCUT2D eigenvalue weighted by atomic mass is 9.67. The van der Waals surface area contributed by atoms with Gasteiger partial charge in [-0.05, 0) is 42.9 Å². The van der Waals surface area contributed by atoms with Crippen LogP contribution >= 0.6 is 24.0 Å². The first kappa shape index (κ1) is 21.3. The largest absolute Gasteiger partial charge is 0.356 e. The Balaban J connectivity index is 0.00000312. The van der Waals surface area contributed by atoms with Gasteiger partial charge in [0.25, 0.3) is 0 Å². The molecule has 0 aliphatic heterocycles. The van der Waals surface area contributed by atoms with Gasteiger partial charge in [0.1, 0.15) is 0 Å². The highest BCUT2D eigenvalue weighted by Crippen LogP contribution is 2.42. The first-order valence-electron chi connectivity index (χ1n) is 8.42. The third-order valence-electron chi connectivity index (χ3n) is 4.75. The van der Waals surface area contributed by atoms with E-state index in [4.69, 9.17) is 6.42 Å². The van der Waals surface area contributed by atoms with Crippen LogP contribution in [0.4, 0.5) is 5.69 Å². The van der Waals surface area contributed by atoms with E-state index in [0.29, 0.717) is 17.1 Å². The Kier molecular flexibility index (Phi) is 8.76. The van der Waals surface area contributed by atoms with Crippen LogP contribution in [0, 0.1) is 17.8 Å². The average molecular weight is 454 g/mol. The van der Waals surface area contributed by atoms with Gasteiger partial charge in [0.2, 0.25) is 5.91 Å². The molecule has 1 amide bonds. The summed E-state index contributed by atoms with van der Waals surface area (Å²) in [4.78, 5) is 16.2. The van der Waals surface area contributed by atoms with E-state index >= 15 is 0 Å². The van der Waals surface area contributed by atoms with Gasteiger partial charge in [0, 0.05) is 24.8 Å². The minimum absolute atomic E-state index is 0. The van der Waals surface area contributed by atoms with Gasteiger partial charge in [-0.15, -0.1) is 30.4 Å². The number of nitrogens with one attached hydrogen (secondary N) is 3. The lowest BCUT2D eigenvalue weighted by Crippen LogP contribution is -2.47. The van der Waals surface area contributed by atoms with E-state index in [9.17, 15) is 4.79 Å². The zero-order chi connectivity index (χ0) is 17.4. The zero-order valence-corrected chi connectivity index (χ0v) is 17.2. The second-order valence-corrected chi connectivity index (χ2v) is 6.26. The van der Waals surface area contributed by atoms with E-state index < -0.39 is 0 Å². The highest BCUT2D eigenvalue weighted by Gasteiger charge is 2.34. The van der Waals surface area contributed by atoms with Crippen molar-refractivity contribution in [2.45, 2.75) is 32.6 Å². The first-order chi connectivity index (χ1) is 11.6. The summed E-state index contributed by atoms with van der Waals surface area (Å²) in [7, 11) is 1.71. The van der Waals surface area contributed by atoms with Gasteiger partial charge in [-0.25, -0.2) is 0 Å². The third-order valence-corrected chi connectivity index (χ3v) is 4.75. The number of aliphatic imine (C=N–C) groups is 1. The van der Waals surface area contributed by atoms with Crippen molar-refractivity contribution in [1.82, 2.24) is 10.6 Å². The van der Waals surface area contributed by atoms with Crippen LogP contribution in [0.5, 0.6) is 0 Å². The van der Waals surface area contributed by atoms with Crippen LogP contribution in [0.2, 0.25) is 0 Å². The normalized spacial score (nSPS) is 15.2. The minimum atomic E-state index is -0.138. The van der Waals surface area contributed by atoms with Gasteiger partial charge in [-0.3, -0.25) is 9.79 Å². The fraction of sp³-hybridized carbons (Fsp3) is 0.474. The SMILES string of the molecule is C#Cc1cccc(NC(=O)CNC(=NC)NCC2(CC)CCC2)c1.I. The number of nitrogens with zero attached hydrogens (tertiary/aromatic N) is 1. The molecule has 1 aromatic rings. The van der Waals surface area contributed by atoms with Crippen molar-refractivity contribution in [3.63, 3.8) is 0 Å². The van der Waals surface area contributed by atoms with E-state index in [0.717, 1.165) is 12.1 Å². The summed E-state index contributed by atoms with van der Waals surface area (Å²) in [5.41, 5.74) is 1.83. The number of benzene rings is 1. The minimum Gasteiger partial charge on any atom is -0.356 e. The van der Waals surface area contributed by atoms with E-state index in [1.807, 2.05) is 18.2 Å². The molecule has 0 spiro atoms. The average Bonchev–Trinajstić information content (AvgIpc) is 2.57. The Morgan fingerprint density at radius 2 is 2.12 bits per heavy atom. The lowest BCUT2D eigenvalue weighted by Gasteiger charge is -2.41. The summed E-state index contributed by atoms with van der Waals surface area (Å²) >= 11 is 0. The molecule has 1 saturated carbocycles. The van der Waals surface area contributed by atoms with Crippen LogP contribution in [-0.4, -0.2) is 32.0 Å². The van der Waals surface area contributed by atoms with E-state index in [2.05, 4.69) is 33.8 Å². The number of amides is 1. The van der Waals surface area contributed by atoms with Gasteiger partial charge >= 0.3 is 0 Å². The molecule has 2 rings (SSSR count). The molecule has 6 heteroatoms. The summed E-state index contributed by atoms with van der Waals surface area (Å²) in [5, 5.41) is 9.20. The number of terminal acetylenes is 1. The van der Waals surface area contributed by atoms with E-state index in [-0.39, 0.29) is 36.4 Å². The van der Waals surface area contributed by atoms with Crippen molar-refractivity contribution in [1.29, 1.82) is 0 Å². The molecule has 3 N–H and O–H groups in total. The molecular weight excluding hydrogens is 427 g/mol. The summed E-state index contributed by atoms with van der Waals surface area (Å²) in [6, 6.07) is 7.23. The van der Waals surface area contributed by atoms with Crippen LogP contribution in [0.1, 0.15) is 38.2 Å². The zero-order valence-electron chi connectivity index (χ0n) is 14.9. The Labute approximate surface area is 167 Å². The van der Waals surface area contributed by atoms with Gasteiger partial charge in [-0.2, -0.15) is 0 Å². The first-order valence-corrected chi connectivity index (χ1v) is 8.42. The molecular formula is C19H27IN4O. The standard InChI is InChI=1S/C19H26N4O.HI/c1-4-15-8-6-9-16(12-15)23-17(24)13-21-18(20-3)22-14-19(5-2)10-7-11-19;/h1,6,8-9,12H,5,7,10-11,13-14H2,2-3H3,(H,23,24)(H2,20,21,22);1H. The number of carbonyl (C=O) groups is 1. The highest BCUT2D eigenvalue weighted by molar-refractivity contribution is 14.0. The van der Waals surface area contributed by atoms with Crippen LogP contribution in [0.3, 0.4) is 0 Å². The van der Waals surface area contributed by atoms with E-state index in [1.54, 1.807) is 13.1 Å². The number of rotatable bonds is 6. The predicted molar refractivity (Wildman–Crippen MR) is 114 cm³/mol. The van der Waals surface area contributed by atoms with E-state index in [1.165, 1.54) is 25.7 Å². The summed E-state index contributed by atoms with van der Waals surface area (Å²) in [5.74, 6) is 3.07. The van der Waals surface area contributed by atoms with Gasteiger partial charge in [-0.1, -0.05) is 25.3 Å². The Bertz CT molecular complexity index is 642. The fourth-order valence-corrected chi connectivity index (χ4v) is 2.88. The number of hydrogen-bond acceptors (Lipinski definition) is 2. The molecule has 0 atom stereocenters. The number of anilines is 1. The number of carbonyl (C=O) groups excluding carboxylic acids is 1. The Morgan fingerprint density at radius 3 is 2.68 bits per heavy atom. The molecule has 0 bridgehead atoms. The summed E-state index contributed by atoms with van der Waals surface area (Å²) in [6.07, 6.45) is 10.4. The number of halogens is 1. The molecule has 0 aromatic heterocycles. The Hall–Kier alpha value is -1.75. The number of guanidine groups is 1. The molecule has 25 heavy (non-hydrogen) atoms. The van der Waals surface area contributed by atoms with Gasteiger partial charge in [0.05, 0.1) is 6.54 Å². The van der Waals surface area contributed by atoms with Crippen molar-refractivity contribution in [2.24, 2.45) is 10.4 Å². The van der Waals surface area contributed by atoms with Crippen LogP contribution in [-0.2, 0) is 4.79 Å². The predicted octanol–water partition coefficient (Wildman–Crippen LogP) is 2.97. The molecule has 136 valence electrons. The molecule has 5 nitrogen and oxygen atoms in total. The maximum absolute atomic E-state index is 12.0. The molecule has 0 heterocycles. The maximum Gasteiger partial charge on any atom is 0.243 e. The van der Waals surface area contributed by atoms with Crippen LogP contribution in [0.15, 0.2) is 29.3 Å². The monoisotopic (exact) mass is 454 g/mol. The molecule has 1 aliphatic rings. The smallest absolute Gasteiger partial charge is 0.243 e. The number of hydrogen-bond donors (Lipinski definition) is 3. The molecule has 0 unspecified atom stereocenters. The van der Waals surface area contributed by atoms with Crippen molar-refractivity contribution in [3.8, 4) is 12.3 Å². The van der Waals surface area contributed by atoms with Crippen LogP contribution in [0.25, 0.3) is 0 Å². The third kappa shape index (κ3) is 6.24. The quantitative estimate of drug-likeness (QED) is 0.268. The molecule has 0 saturated heterocycles. The van der Waals surface area contributed by atoms with Gasteiger partial charge in [0.15, 0.2) is 5.96 Å². The maximum atomic E-state index is 12.0.